The molecule has 8 nitrogen and oxygen atoms in total. The van der Waals surface area contributed by atoms with Crippen LogP contribution in [0.25, 0.3) is 22.3 Å². The summed E-state index contributed by atoms with van der Waals surface area (Å²) in [5, 5.41) is 5.22. The molecule has 0 fully saturated rings. The molecule has 0 unspecified atom stereocenters. The highest BCUT2D eigenvalue weighted by molar-refractivity contribution is 6.06. The molecule has 0 atom stereocenters. The van der Waals surface area contributed by atoms with Crippen molar-refractivity contribution < 1.29 is 13.9 Å². The number of fused-ring (bicyclic) bond motifs is 1. The van der Waals surface area contributed by atoms with Crippen LogP contribution in [-0.2, 0) is 17.8 Å². The first kappa shape index (κ1) is 22.5. The SMILES string of the molecule is COCCN(Cc1ccccc1)C(=O)c1cc(-c2cccnc2)nc2c1cnn2Cc1ccco1. The third-order valence-electron chi connectivity index (χ3n) is 5.75. The molecule has 0 aliphatic heterocycles. The van der Waals surface area contributed by atoms with Crippen LogP contribution in [0.4, 0.5) is 0 Å². The molecule has 0 spiro atoms. The maximum Gasteiger partial charge on any atom is 0.255 e. The Morgan fingerprint density at radius 2 is 1.97 bits per heavy atom. The number of amides is 1. The zero-order valence-electron chi connectivity index (χ0n) is 19.4. The summed E-state index contributed by atoms with van der Waals surface area (Å²) in [4.78, 5) is 24.8. The quantitative estimate of drug-likeness (QED) is 0.319. The molecular formula is C27H25N5O3. The van der Waals surface area contributed by atoms with Crippen LogP contribution in [0, 0.1) is 0 Å². The lowest BCUT2D eigenvalue weighted by atomic mass is 10.1. The molecule has 4 heterocycles. The minimum absolute atomic E-state index is 0.110. The van der Waals surface area contributed by atoms with Gasteiger partial charge in [0, 0.05) is 38.2 Å². The number of hydrogen-bond acceptors (Lipinski definition) is 6. The summed E-state index contributed by atoms with van der Waals surface area (Å²) in [5.74, 6) is 0.642. The summed E-state index contributed by atoms with van der Waals surface area (Å²) in [5.41, 5.74) is 3.66. The number of carbonyl (C=O) groups excluding carboxylic acids is 1. The Morgan fingerprint density at radius 3 is 2.71 bits per heavy atom. The molecule has 0 N–H and O–H groups in total. The van der Waals surface area contributed by atoms with E-state index in [0.29, 0.717) is 48.5 Å². The molecule has 0 bridgehead atoms. The fourth-order valence-electron chi connectivity index (χ4n) is 3.98. The maximum atomic E-state index is 14.0. The van der Waals surface area contributed by atoms with E-state index in [1.165, 1.54) is 0 Å². The molecule has 176 valence electrons. The first-order valence-electron chi connectivity index (χ1n) is 11.3. The van der Waals surface area contributed by atoms with Gasteiger partial charge in [-0.3, -0.25) is 9.78 Å². The minimum Gasteiger partial charge on any atom is -0.467 e. The van der Waals surface area contributed by atoms with Gasteiger partial charge < -0.3 is 14.1 Å². The highest BCUT2D eigenvalue weighted by Crippen LogP contribution is 2.26. The second kappa shape index (κ2) is 10.3. The summed E-state index contributed by atoms with van der Waals surface area (Å²) < 4.78 is 12.6. The smallest absolute Gasteiger partial charge is 0.255 e. The lowest BCUT2D eigenvalue weighted by molar-refractivity contribution is 0.0682. The third kappa shape index (κ3) is 4.97. The Kier molecular flexibility index (Phi) is 6.63. The molecule has 0 aliphatic carbocycles. The van der Waals surface area contributed by atoms with Gasteiger partial charge in [0.05, 0.1) is 35.7 Å². The van der Waals surface area contributed by atoms with Crippen molar-refractivity contribution in [1.82, 2.24) is 24.6 Å². The first-order valence-corrected chi connectivity index (χ1v) is 11.3. The molecular weight excluding hydrogens is 442 g/mol. The Labute approximate surface area is 202 Å². The molecule has 5 rings (SSSR count). The monoisotopic (exact) mass is 467 g/mol. The fourth-order valence-corrected chi connectivity index (χ4v) is 3.98. The van der Waals surface area contributed by atoms with Crippen molar-refractivity contribution in [1.29, 1.82) is 0 Å². The topological polar surface area (TPSA) is 86.3 Å². The molecule has 0 radical (unpaired) electrons. The van der Waals surface area contributed by atoms with E-state index in [1.807, 2.05) is 60.7 Å². The number of ether oxygens (including phenoxy) is 1. The summed E-state index contributed by atoms with van der Waals surface area (Å²) in [6, 6.07) is 19.2. The third-order valence-corrected chi connectivity index (χ3v) is 5.75. The molecule has 1 aromatic carbocycles. The largest absolute Gasteiger partial charge is 0.467 e. The number of aromatic nitrogens is 4. The van der Waals surface area contributed by atoms with Crippen LogP contribution in [0.3, 0.4) is 0 Å². The first-order chi connectivity index (χ1) is 17.2. The number of methoxy groups -OCH3 is 1. The second-order valence-electron chi connectivity index (χ2n) is 8.12. The predicted molar refractivity (Wildman–Crippen MR) is 132 cm³/mol. The normalized spacial score (nSPS) is 11.1. The lowest BCUT2D eigenvalue weighted by Crippen LogP contribution is -2.33. The van der Waals surface area contributed by atoms with Gasteiger partial charge in [0.15, 0.2) is 5.65 Å². The summed E-state index contributed by atoms with van der Waals surface area (Å²) in [6.07, 6.45) is 6.77. The zero-order chi connectivity index (χ0) is 24.0. The van der Waals surface area contributed by atoms with Crippen molar-refractivity contribution in [2.75, 3.05) is 20.3 Å². The van der Waals surface area contributed by atoms with Crippen molar-refractivity contribution in [3.05, 3.63) is 102 Å². The van der Waals surface area contributed by atoms with E-state index in [2.05, 4.69) is 10.1 Å². The van der Waals surface area contributed by atoms with Gasteiger partial charge in [-0.2, -0.15) is 5.10 Å². The van der Waals surface area contributed by atoms with Gasteiger partial charge in [0.25, 0.3) is 5.91 Å². The number of nitrogens with zero attached hydrogens (tertiary/aromatic N) is 5. The van der Waals surface area contributed by atoms with Crippen molar-refractivity contribution in [2.24, 2.45) is 0 Å². The summed E-state index contributed by atoms with van der Waals surface area (Å²) >= 11 is 0. The van der Waals surface area contributed by atoms with Gasteiger partial charge in [-0.25, -0.2) is 9.67 Å². The van der Waals surface area contributed by atoms with Gasteiger partial charge >= 0.3 is 0 Å². The van der Waals surface area contributed by atoms with Crippen LogP contribution in [0.15, 0.2) is 89.9 Å². The van der Waals surface area contributed by atoms with Gasteiger partial charge in [-0.15, -0.1) is 0 Å². The molecule has 4 aromatic heterocycles. The number of hydrogen-bond donors (Lipinski definition) is 0. The van der Waals surface area contributed by atoms with Crippen LogP contribution in [-0.4, -0.2) is 50.8 Å². The van der Waals surface area contributed by atoms with Crippen LogP contribution < -0.4 is 0 Å². The van der Waals surface area contributed by atoms with Crippen molar-refractivity contribution in [3.63, 3.8) is 0 Å². The van der Waals surface area contributed by atoms with Gasteiger partial charge in [-0.05, 0) is 35.9 Å². The average Bonchev–Trinajstić information content (AvgIpc) is 3.57. The summed E-state index contributed by atoms with van der Waals surface area (Å²) in [7, 11) is 1.63. The highest BCUT2D eigenvalue weighted by atomic mass is 16.5. The van der Waals surface area contributed by atoms with E-state index in [9.17, 15) is 4.79 Å². The van der Waals surface area contributed by atoms with Gasteiger partial charge in [0.1, 0.15) is 12.3 Å². The van der Waals surface area contributed by atoms with E-state index in [-0.39, 0.29) is 5.91 Å². The average molecular weight is 468 g/mol. The Bertz CT molecular complexity index is 1400. The zero-order valence-corrected chi connectivity index (χ0v) is 19.4. The molecule has 8 heteroatoms. The molecule has 0 saturated heterocycles. The molecule has 0 saturated carbocycles. The van der Waals surface area contributed by atoms with Crippen molar-refractivity contribution in [2.45, 2.75) is 13.1 Å². The molecule has 0 aliphatic rings. The molecule has 5 aromatic rings. The summed E-state index contributed by atoms with van der Waals surface area (Å²) in [6.45, 7) is 1.76. The van der Waals surface area contributed by atoms with E-state index in [0.717, 1.165) is 16.9 Å². The standard InChI is InChI=1S/C27H25N5O3/c1-34-14-12-31(18-20-7-3-2-4-8-20)27(33)23-15-25(21-9-5-11-28-16-21)30-26-24(23)17-29-32(26)19-22-10-6-13-35-22/h2-11,13,15-17H,12,14,18-19H2,1H3. The number of rotatable bonds is 9. The van der Waals surface area contributed by atoms with Crippen LogP contribution in [0.1, 0.15) is 21.7 Å². The number of benzene rings is 1. The Balaban J connectivity index is 1.60. The minimum atomic E-state index is -0.110. The molecule has 1 amide bonds. The second-order valence-corrected chi connectivity index (χ2v) is 8.12. The van der Waals surface area contributed by atoms with Crippen molar-refractivity contribution in [3.8, 4) is 11.3 Å². The Morgan fingerprint density at radius 1 is 1.09 bits per heavy atom. The fraction of sp³-hybridized carbons (Fsp3) is 0.185. The van der Waals surface area contributed by atoms with E-state index in [4.69, 9.17) is 14.1 Å². The van der Waals surface area contributed by atoms with Crippen LogP contribution in [0.5, 0.6) is 0 Å². The lowest BCUT2D eigenvalue weighted by Gasteiger charge is -2.23. The number of pyridine rings is 2. The number of furan rings is 1. The van der Waals surface area contributed by atoms with E-state index < -0.39 is 0 Å². The van der Waals surface area contributed by atoms with Crippen molar-refractivity contribution >= 4 is 16.9 Å². The Hall–Kier alpha value is -4.30. The van der Waals surface area contributed by atoms with E-state index in [1.54, 1.807) is 41.5 Å². The highest BCUT2D eigenvalue weighted by Gasteiger charge is 2.23. The number of carbonyl (C=O) groups is 1. The predicted octanol–water partition coefficient (Wildman–Crippen LogP) is 4.42. The van der Waals surface area contributed by atoms with Gasteiger partial charge in [-0.1, -0.05) is 30.3 Å². The maximum absolute atomic E-state index is 14.0. The molecule has 35 heavy (non-hydrogen) atoms. The van der Waals surface area contributed by atoms with E-state index >= 15 is 0 Å². The van der Waals surface area contributed by atoms with Crippen LogP contribution in [0.2, 0.25) is 0 Å². The van der Waals surface area contributed by atoms with Crippen LogP contribution >= 0.6 is 0 Å². The van der Waals surface area contributed by atoms with Gasteiger partial charge in [0.2, 0.25) is 0 Å².